The molecule has 0 aliphatic rings. The van der Waals surface area contributed by atoms with Gasteiger partial charge >= 0.3 is 0 Å². The lowest BCUT2D eigenvalue weighted by atomic mass is 10.2. The molecular formula is C20H26O4S2. The Morgan fingerprint density at radius 2 is 1.00 bits per heavy atom. The molecule has 0 saturated carbocycles. The van der Waals surface area contributed by atoms with Gasteiger partial charge in [-0.15, -0.1) is 0 Å². The highest BCUT2D eigenvalue weighted by atomic mass is 33.1. The number of hydrogen-bond donors (Lipinski definition) is 2. The number of aromatic hydroxyl groups is 2. The highest BCUT2D eigenvalue weighted by molar-refractivity contribution is 8.76. The molecule has 0 aliphatic heterocycles. The van der Waals surface area contributed by atoms with E-state index in [0.29, 0.717) is 21.3 Å². The van der Waals surface area contributed by atoms with Crippen molar-refractivity contribution in [2.75, 3.05) is 0 Å². The molecule has 0 bridgehead atoms. The van der Waals surface area contributed by atoms with Crippen LogP contribution in [0.5, 0.6) is 23.0 Å². The zero-order chi connectivity index (χ0) is 19.5. The molecule has 26 heavy (non-hydrogen) atoms. The van der Waals surface area contributed by atoms with Crippen molar-refractivity contribution in [3.63, 3.8) is 0 Å². The Bertz CT molecular complexity index is 696. The van der Waals surface area contributed by atoms with Gasteiger partial charge in [0.05, 0.1) is 9.79 Å². The van der Waals surface area contributed by atoms with E-state index in [2.05, 4.69) is 0 Å². The van der Waals surface area contributed by atoms with Crippen molar-refractivity contribution >= 4 is 21.6 Å². The van der Waals surface area contributed by atoms with Gasteiger partial charge in [-0.05, 0) is 87.4 Å². The Balaban J connectivity index is 2.04. The molecule has 0 radical (unpaired) electrons. The summed E-state index contributed by atoms with van der Waals surface area (Å²) in [4.78, 5) is 1.40. The summed E-state index contributed by atoms with van der Waals surface area (Å²) < 4.78 is 11.5. The Hall–Kier alpha value is -1.66. The van der Waals surface area contributed by atoms with Crippen LogP contribution in [0.15, 0.2) is 46.2 Å². The molecule has 0 aromatic heterocycles. The molecule has 4 nitrogen and oxygen atoms in total. The van der Waals surface area contributed by atoms with E-state index in [1.54, 1.807) is 12.1 Å². The van der Waals surface area contributed by atoms with Crippen LogP contribution in [0.25, 0.3) is 0 Å². The fourth-order valence-electron chi connectivity index (χ4n) is 2.06. The number of phenolic OH excluding ortho intramolecular Hbond substituents is 2. The van der Waals surface area contributed by atoms with Crippen molar-refractivity contribution in [2.45, 2.75) is 62.5 Å². The number of benzene rings is 2. The van der Waals surface area contributed by atoms with Crippen molar-refractivity contribution in [3.05, 3.63) is 36.4 Å². The number of rotatable bonds is 5. The second-order valence-electron chi connectivity index (χ2n) is 7.85. The number of hydrogen-bond acceptors (Lipinski definition) is 6. The van der Waals surface area contributed by atoms with Crippen LogP contribution in [0.4, 0.5) is 0 Å². The number of ether oxygens (including phenoxy) is 2. The highest BCUT2D eigenvalue weighted by Crippen LogP contribution is 2.46. The van der Waals surface area contributed by atoms with Gasteiger partial charge in [0.2, 0.25) is 0 Å². The maximum Gasteiger partial charge on any atom is 0.133 e. The molecule has 0 amide bonds. The Morgan fingerprint density at radius 1 is 0.654 bits per heavy atom. The molecule has 2 N–H and O–H groups in total. The van der Waals surface area contributed by atoms with Crippen molar-refractivity contribution in [2.24, 2.45) is 0 Å². The molecule has 142 valence electrons. The second-order valence-corrected chi connectivity index (χ2v) is 10.1. The zero-order valence-corrected chi connectivity index (χ0v) is 17.6. The molecular weight excluding hydrogens is 368 g/mol. The summed E-state index contributed by atoms with van der Waals surface area (Å²) in [5.41, 5.74) is -0.642. The van der Waals surface area contributed by atoms with Crippen LogP contribution in [-0.4, -0.2) is 21.4 Å². The fourth-order valence-corrected chi connectivity index (χ4v) is 4.16. The maximum absolute atomic E-state index is 10.2. The SMILES string of the molecule is CC(C)(C)Oc1ccc(SSc2ccc(OC(C)(C)C)cc2O)c(O)c1. The standard InChI is InChI=1S/C20H26O4S2/c1-19(2,3)23-13-7-9-17(15(21)11-13)25-26-18-10-8-14(12-16(18)22)24-20(4,5)6/h7-12,21-22H,1-6H3. The normalized spacial score (nSPS) is 12.1. The van der Waals surface area contributed by atoms with Gasteiger partial charge in [-0.2, -0.15) is 0 Å². The van der Waals surface area contributed by atoms with Gasteiger partial charge in [0.1, 0.15) is 34.2 Å². The molecule has 2 aromatic carbocycles. The molecule has 0 spiro atoms. The topological polar surface area (TPSA) is 58.9 Å². The first-order chi connectivity index (χ1) is 11.9. The minimum atomic E-state index is -0.321. The fraction of sp³-hybridized carbons (Fsp3) is 0.400. The monoisotopic (exact) mass is 394 g/mol. The third kappa shape index (κ3) is 6.57. The van der Waals surface area contributed by atoms with Gasteiger partial charge in [-0.25, -0.2) is 0 Å². The average Bonchev–Trinajstić information content (AvgIpc) is 2.44. The van der Waals surface area contributed by atoms with Crippen LogP contribution >= 0.6 is 21.6 Å². The van der Waals surface area contributed by atoms with Crippen LogP contribution in [0.3, 0.4) is 0 Å². The average molecular weight is 395 g/mol. The Morgan fingerprint density at radius 3 is 1.27 bits per heavy atom. The van der Waals surface area contributed by atoms with E-state index in [1.165, 1.54) is 21.6 Å². The van der Waals surface area contributed by atoms with E-state index in [1.807, 2.05) is 65.8 Å². The van der Waals surface area contributed by atoms with E-state index in [-0.39, 0.29) is 22.7 Å². The smallest absolute Gasteiger partial charge is 0.133 e. The molecule has 0 saturated heterocycles. The van der Waals surface area contributed by atoms with Gasteiger partial charge in [0, 0.05) is 12.1 Å². The van der Waals surface area contributed by atoms with E-state index >= 15 is 0 Å². The molecule has 0 fully saturated rings. The van der Waals surface area contributed by atoms with Crippen LogP contribution < -0.4 is 9.47 Å². The van der Waals surface area contributed by atoms with Gasteiger partial charge in [-0.1, -0.05) is 0 Å². The third-order valence-electron chi connectivity index (χ3n) is 2.93. The van der Waals surface area contributed by atoms with Crippen LogP contribution in [-0.2, 0) is 0 Å². The van der Waals surface area contributed by atoms with Crippen LogP contribution in [0.1, 0.15) is 41.5 Å². The quantitative estimate of drug-likeness (QED) is 0.584. The summed E-state index contributed by atoms with van der Waals surface area (Å²) >= 11 is 0. The molecule has 0 aliphatic carbocycles. The van der Waals surface area contributed by atoms with Crippen LogP contribution in [0.2, 0.25) is 0 Å². The van der Waals surface area contributed by atoms with E-state index in [9.17, 15) is 10.2 Å². The van der Waals surface area contributed by atoms with Crippen molar-refractivity contribution in [1.29, 1.82) is 0 Å². The Labute approximate surface area is 163 Å². The van der Waals surface area contributed by atoms with Gasteiger partial charge < -0.3 is 19.7 Å². The largest absolute Gasteiger partial charge is 0.507 e. The molecule has 2 aromatic rings. The van der Waals surface area contributed by atoms with E-state index in [4.69, 9.17) is 9.47 Å². The lowest BCUT2D eigenvalue weighted by Gasteiger charge is -2.22. The first-order valence-electron chi connectivity index (χ1n) is 8.31. The maximum atomic E-state index is 10.2. The summed E-state index contributed by atoms with van der Waals surface area (Å²) in [6.45, 7) is 11.7. The van der Waals surface area contributed by atoms with Crippen molar-refractivity contribution in [1.82, 2.24) is 0 Å². The zero-order valence-electron chi connectivity index (χ0n) is 16.0. The van der Waals surface area contributed by atoms with Crippen molar-refractivity contribution < 1.29 is 19.7 Å². The molecule has 2 rings (SSSR count). The Kier molecular flexibility index (Phi) is 6.29. The second kappa shape index (κ2) is 7.92. The minimum absolute atomic E-state index is 0.149. The van der Waals surface area contributed by atoms with E-state index in [0.717, 1.165) is 0 Å². The number of phenols is 2. The molecule has 0 unspecified atom stereocenters. The molecule has 0 heterocycles. The van der Waals surface area contributed by atoms with Crippen LogP contribution in [0, 0.1) is 0 Å². The van der Waals surface area contributed by atoms with E-state index < -0.39 is 0 Å². The van der Waals surface area contributed by atoms with Gasteiger partial charge in [0.25, 0.3) is 0 Å². The summed E-state index contributed by atoms with van der Waals surface area (Å²) in [7, 11) is 2.74. The highest BCUT2D eigenvalue weighted by Gasteiger charge is 2.15. The molecule has 6 heteroatoms. The summed E-state index contributed by atoms with van der Waals surface area (Å²) in [5.74, 6) is 1.54. The lowest BCUT2D eigenvalue weighted by molar-refractivity contribution is 0.130. The predicted molar refractivity (Wildman–Crippen MR) is 109 cm³/mol. The molecule has 0 atom stereocenters. The first kappa shape index (κ1) is 20.6. The summed E-state index contributed by atoms with van der Waals surface area (Å²) in [6.07, 6.45) is 0. The lowest BCUT2D eigenvalue weighted by Crippen LogP contribution is -2.22. The first-order valence-corrected chi connectivity index (χ1v) is 10.5. The summed E-state index contributed by atoms with van der Waals surface area (Å²) in [6, 6.07) is 10.5. The van der Waals surface area contributed by atoms with Gasteiger partial charge in [-0.3, -0.25) is 0 Å². The summed E-state index contributed by atoms with van der Waals surface area (Å²) in [5, 5.41) is 20.4. The van der Waals surface area contributed by atoms with Crippen molar-refractivity contribution in [3.8, 4) is 23.0 Å². The van der Waals surface area contributed by atoms with Gasteiger partial charge in [0.15, 0.2) is 0 Å². The minimum Gasteiger partial charge on any atom is -0.507 e. The predicted octanol–water partition coefficient (Wildman–Crippen LogP) is 6.25. The third-order valence-corrected chi connectivity index (χ3v) is 5.39.